The van der Waals surface area contributed by atoms with Gasteiger partial charge in [0.2, 0.25) is 0 Å². The smallest absolute Gasteiger partial charge is 0.457 e. The molecule has 5 atom stereocenters. The number of carbonyl (C=O) groups is 1. The maximum absolute atomic E-state index is 12.0. The highest BCUT2D eigenvalue weighted by Gasteiger charge is 2.48. The number of H-pyrrole nitrogens is 1. The van der Waals surface area contributed by atoms with E-state index in [2.05, 4.69) is 8.83 Å². The van der Waals surface area contributed by atoms with Crippen molar-refractivity contribution >= 4 is 21.6 Å². The summed E-state index contributed by atoms with van der Waals surface area (Å²) in [6, 6.07) is 0. The highest BCUT2D eigenvalue weighted by molar-refractivity contribution is 7.60. The van der Waals surface area contributed by atoms with Gasteiger partial charge in [0.15, 0.2) is 12.3 Å². The first kappa shape index (κ1) is 23.6. The van der Waals surface area contributed by atoms with Crippen molar-refractivity contribution in [2.75, 3.05) is 6.61 Å². The van der Waals surface area contributed by atoms with E-state index in [0.29, 0.717) is 0 Å². The Morgan fingerprint density at radius 2 is 1.93 bits per heavy atom. The lowest BCUT2D eigenvalue weighted by molar-refractivity contribution is -0.153. The van der Waals surface area contributed by atoms with Crippen LogP contribution in [0.2, 0.25) is 0 Å². The lowest BCUT2D eigenvalue weighted by Gasteiger charge is -2.20. The Labute approximate surface area is 161 Å². The fourth-order valence-electron chi connectivity index (χ4n) is 2.52. The number of rotatable bonds is 7. The van der Waals surface area contributed by atoms with Gasteiger partial charge < -0.3 is 29.3 Å². The van der Waals surface area contributed by atoms with Crippen molar-refractivity contribution in [3.05, 3.63) is 32.6 Å². The molecule has 2 heterocycles. The van der Waals surface area contributed by atoms with Crippen LogP contribution >= 0.6 is 15.6 Å². The summed E-state index contributed by atoms with van der Waals surface area (Å²) in [5, 5.41) is 10.4. The maximum Gasteiger partial charge on any atom is 0.481 e. The lowest BCUT2D eigenvalue weighted by atomic mass is 10.1. The molecular formula is C12H18N2O13P2. The van der Waals surface area contributed by atoms with Gasteiger partial charge >= 0.3 is 27.3 Å². The van der Waals surface area contributed by atoms with Crippen LogP contribution in [0.4, 0.5) is 0 Å². The normalized spacial score (nSPS) is 26.8. The second-order valence-electron chi connectivity index (χ2n) is 5.94. The van der Waals surface area contributed by atoms with Crippen LogP contribution in [0.25, 0.3) is 0 Å². The summed E-state index contributed by atoms with van der Waals surface area (Å²) in [4.78, 5) is 63.3. The fourth-order valence-corrected chi connectivity index (χ4v) is 4.12. The Morgan fingerprint density at radius 1 is 1.31 bits per heavy atom. The van der Waals surface area contributed by atoms with Crippen LogP contribution in [0.15, 0.2) is 15.8 Å². The van der Waals surface area contributed by atoms with Crippen molar-refractivity contribution in [2.24, 2.45) is 0 Å². The topological polar surface area (TPSA) is 224 Å². The molecule has 1 fully saturated rings. The van der Waals surface area contributed by atoms with Crippen molar-refractivity contribution in [1.82, 2.24) is 9.55 Å². The van der Waals surface area contributed by atoms with Gasteiger partial charge in [-0.25, -0.2) is 13.9 Å². The van der Waals surface area contributed by atoms with E-state index >= 15 is 0 Å². The van der Waals surface area contributed by atoms with Crippen molar-refractivity contribution in [3.8, 4) is 0 Å². The molecule has 1 aliphatic heterocycles. The van der Waals surface area contributed by atoms with E-state index in [1.807, 2.05) is 4.98 Å². The molecule has 17 heteroatoms. The Balaban J connectivity index is 2.27. The van der Waals surface area contributed by atoms with Gasteiger partial charge in [0.25, 0.3) is 5.56 Å². The van der Waals surface area contributed by atoms with Crippen LogP contribution in [0.5, 0.6) is 0 Å². The molecule has 1 unspecified atom stereocenters. The number of hydrogen-bond donors (Lipinski definition) is 5. The van der Waals surface area contributed by atoms with Gasteiger partial charge in [0.05, 0.1) is 6.61 Å². The molecule has 164 valence electrons. The summed E-state index contributed by atoms with van der Waals surface area (Å²) in [6.07, 6.45) is -5.02. The first-order valence-corrected chi connectivity index (χ1v) is 10.8. The summed E-state index contributed by atoms with van der Waals surface area (Å²) in [7, 11) is -10.6. The minimum atomic E-state index is -5.37. The zero-order valence-corrected chi connectivity index (χ0v) is 16.7. The van der Waals surface area contributed by atoms with Gasteiger partial charge in [-0.2, -0.15) is 4.31 Å². The Kier molecular flexibility index (Phi) is 7.00. The highest BCUT2D eigenvalue weighted by Crippen LogP contribution is 2.57. The van der Waals surface area contributed by atoms with Crippen LogP contribution in [-0.4, -0.2) is 60.2 Å². The molecule has 0 amide bonds. The molecule has 0 radical (unpaired) electrons. The third-order valence-electron chi connectivity index (χ3n) is 3.64. The summed E-state index contributed by atoms with van der Waals surface area (Å²) in [6.45, 7) is 1.46. The van der Waals surface area contributed by atoms with Crippen molar-refractivity contribution in [3.63, 3.8) is 0 Å². The van der Waals surface area contributed by atoms with Gasteiger partial charge in [-0.05, 0) is 6.92 Å². The molecule has 0 bridgehead atoms. The van der Waals surface area contributed by atoms with Gasteiger partial charge in [-0.3, -0.25) is 23.7 Å². The Bertz CT molecular complexity index is 981. The number of aromatic amines is 1. The molecule has 0 spiro atoms. The number of ether oxygens (including phenoxy) is 2. The molecule has 0 saturated carbocycles. The number of aromatic nitrogens is 2. The third kappa shape index (κ3) is 6.15. The van der Waals surface area contributed by atoms with Crippen molar-refractivity contribution in [1.29, 1.82) is 0 Å². The Hall–Kier alpha value is -1.67. The molecule has 15 nitrogen and oxygen atoms in total. The van der Waals surface area contributed by atoms with Crippen LogP contribution in [-0.2, 0) is 32.2 Å². The molecule has 0 aliphatic carbocycles. The SMILES string of the molecule is CC(=O)O[C@H]1[C@@H](O)[C@H](n2cc(C)c(=O)[nH]c2=O)O[C@@H]1COP(=O)(O)OP(=O)(O)O. The van der Waals surface area contributed by atoms with E-state index in [1.54, 1.807) is 0 Å². The maximum atomic E-state index is 12.0. The van der Waals surface area contributed by atoms with E-state index in [1.165, 1.54) is 6.92 Å². The van der Waals surface area contributed by atoms with Crippen LogP contribution in [0, 0.1) is 6.92 Å². The highest BCUT2D eigenvalue weighted by atomic mass is 31.3. The van der Waals surface area contributed by atoms with Crippen LogP contribution in [0.3, 0.4) is 0 Å². The number of aliphatic hydroxyl groups excluding tert-OH is 1. The number of hydrogen-bond acceptors (Lipinski definition) is 10. The van der Waals surface area contributed by atoms with Crippen molar-refractivity contribution in [2.45, 2.75) is 38.4 Å². The summed E-state index contributed by atoms with van der Waals surface area (Å²) < 4.78 is 41.4. The van der Waals surface area contributed by atoms with E-state index in [9.17, 15) is 33.5 Å². The standard InChI is InChI=1S/C12H18N2O13P2/c1-5-3-14(12(18)13-10(5)17)11-8(16)9(25-6(2)15)7(26-11)4-24-29(22,23)27-28(19,20)21/h3,7-9,11,16H,4H2,1-2H3,(H,22,23)(H,13,17,18)(H2,19,20,21)/t7-,8-,9-,11-/m1/s1. The van der Waals surface area contributed by atoms with Gasteiger partial charge in [-0.1, -0.05) is 0 Å². The minimum Gasteiger partial charge on any atom is -0.457 e. The number of nitrogens with one attached hydrogen (secondary N) is 1. The summed E-state index contributed by atoms with van der Waals surface area (Å²) >= 11 is 0. The van der Waals surface area contributed by atoms with Gasteiger partial charge in [0.1, 0.15) is 12.2 Å². The number of esters is 1. The molecule has 1 aliphatic rings. The summed E-state index contributed by atoms with van der Waals surface area (Å²) in [5.74, 6) is -0.869. The number of aryl methyl sites for hydroxylation is 1. The molecule has 1 aromatic heterocycles. The largest absolute Gasteiger partial charge is 0.481 e. The quantitative estimate of drug-likeness (QED) is 0.225. The van der Waals surface area contributed by atoms with Crippen LogP contribution in [0.1, 0.15) is 18.7 Å². The van der Waals surface area contributed by atoms with E-state index in [-0.39, 0.29) is 5.56 Å². The molecular weight excluding hydrogens is 442 g/mol. The molecule has 5 N–H and O–H groups in total. The first-order valence-electron chi connectivity index (χ1n) is 7.77. The molecule has 1 aromatic rings. The van der Waals surface area contributed by atoms with Crippen LogP contribution < -0.4 is 11.2 Å². The second kappa shape index (κ2) is 8.60. The average Bonchev–Trinajstić information content (AvgIpc) is 2.83. The van der Waals surface area contributed by atoms with E-state index in [4.69, 9.17) is 19.3 Å². The number of carbonyl (C=O) groups excluding carboxylic acids is 1. The molecule has 0 aromatic carbocycles. The first-order chi connectivity index (χ1) is 13.2. The number of nitrogens with zero attached hydrogens (tertiary/aromatic N) is 1. The fraction of sp³-hybridized carbons (Fsp3) is 0.583. The average molecular weight is 460 g/mol. The number of phosphoric ester groups is 1. The predicted octanol–water partition coefficient (Wildman–Crippen LogP) is -1.74. The van der Waals surface area contributed by atoms with Gasteiger partial charge in [0, 0.05) is 18.7 Å². The van der Waals surface area contributed by atoms with E-state index < -0.39 is 64.0 Å². The Morgan fingerprint density at radius 3 is 2.48 bits per heavy atom. The zero-order chi connectivity index (χ0) is 22.1. The van der Waals surface area contributed by atoms with E-state index in [0.717, 1.165) is 17.7 Å². The third-order valence-corrected chi connectivity index (χ3v) is 5.79. The number of phosphoric acid groups is 2. The van der Waals surface area contributed by atoms with Crippen molar-refractivity contribution < 1.29 is 52.0 Å². The second-order valence-corrected chi connectivity index (χ2v) is 8.77. The zero-order valence-electron chi connectivity index (χ0n) is 14.9. The predicted molar refractivity (Wildman–Crippen MR) is 90.4 cm³/mol. The molecule has 29 heavy (non-hydrogen) atoms. The monoisotopic (exact) mass is 460 g/mol. The van der Waals surface area contributed by atoms with Gasteiger partial charge in [-0.15, -0.1) is 0 Å². The molecule has 1 saturated heterocycles. The summed E-state index contributed by atoms with van der Waals surface area (Å²) in [5.41, 5.74) is -1.53. The number of aliphatic hydroxyl groups is 1. The molecule has 2 rings (SSSR count). The minimum absolute atomic E-state index is 0.0963. The lowest BCUT2D eigenvalue weighted by Crippen LogP contribution is -2.40.